The summed E-state index contributed by atoms with van der Waals surface area (Å²) < 4.78 is 28.4. The Balaban J connectivity index is 2.09. The smallest absolute Gasteiger partial charge is 0.280 e. The van der Waals surface area contributed by atoms with Crippen LogP contribution < -0.4 is 10.5 Å². The molecule has 0 aromatic carbocycles. The normalized spacial score (nSPS) is 22.2. The molecular formula is C10H20N4O2S. The average Bonchev–Trinajstić information content (AvgIpc) is 2.86. The van der Waals surface area contributed by atoms with Gasteiger partial charge in [-0.3, -0.25) is 5.41 Å². The van der Waals surface area contributed by atoms with E-state index in [-0.39, 0.29) is 24.5 Å². The zero-order valence-electron chi connectivity index (χ0n) is 9.85. The first-order valence-electron chi connectivity index (χ1n) is 6.11. The third kappa shape index (κ3) is 3.40. The molecule has 0 amide bonds. The maximum atomic E-state index is 12.2. The van der Waals surface area contributed by atoms with E-state index in [2.05, 4.69) is 4.72 Å². The molecule has 0 aromatic heterocycles. The van der Waals surface area contributed by atoms with Crippen molar-refractivity contribution in [3.8, 4) is 0 Å². The van der Waals surface area contributed by atoms with Crippen LogP contribution in [0, 0.1) is 5.41 Å². The molecule has 0 saturated heterocycles. The van der Waals surface area contributed by atoms with Crippen LogP contribution in [0.1, 0.15) is 38.5 Å². The van der Waals surface area contributed by atoms with E-state index < -0.39 is 10.2 Å². The topological polar surface area (TPSA) is 99.3 Å². The van der Waals surface area contributed by atoms with Crippen molar-refractivity contribution in [1.29, 1.82) is 5.41 Å². The summed E-state index contributed by atoms with van der Waals surface area (Å²) in [4.78, 5) is 0. The van der Waals surface area contributed by atoms with Crippen molar-refractivity contribution < 1.29 is 8.42 Å². The molecule has 7 heteroatoms. The number of nitrogens with one attached hydrogen (secondary N) is 2. The highest BCUT2D eigenvalue weighted by Crippen LogP contribution is 2.27. The van der Waals surface area contributed by atoms with Gasteiger partial charge in [0.25, 0.3) is 10.2 Å². The van der Waals surface area contributed by atoms with Crippen LogP contribution in [-0.4, -0.2) is 37.2 Å². The minimum atomic E-state index is -3.48. The summed E-state index contributed by atoms with van der Waals surface area (Å²) in [5, 5.41) is 7.31. The molecule has 0 heterocycles. The van der Waals surface area contributed by atoms with Gasteiger partial charge >= 0.3 is 0 Å². The van der Waals surface area contributed by atoms with Gasteiger partial charge in [0.15, 0.2) is 0 Å². The molecule has 6 nitrogen and oxygen atoms in total. The first kappa shape index (κ1) is 12.8. The fraction of sp³-hybridized carbons (Fsp3) is 0.900. The fourth-order valence-electron chi connectivity index (χ4n) is 2.25. The first-order chi connectivity index (χ1) is 7.99. The predicted molar refractivity (Wildman–Crippen MR) is 66.0 cm³/mol. The van der Waals surface area contributed by atoms with E-state index in [9.17, 15) is 8.42 Å². The minimum absolute atomic E-state index is 0.00667. The van der Waals surface area contributed by atoms with Gasteiger partial charge in [0.05, 0.1) is 6.54 Å². The Bertz CT molecular complexity index is 385. The van der Waals surface area contributed by atoms with Gasteiger partial charge in [0, 0.05) is 12.1 Å². The van der Waals surface area contributed by atoms with Gasteiger partial charge < -0.3 is 5.73 Å². The highest BCUT2D eigenvalue weighted by atomic mass is 32.2. The van der Waals surface area contributed by atoms with Crippen LogP contribution in [-0.2, 0) is 10.2 Å². The third-order valence-corrected chi connectivity index (χ3v) is 4.94. The monoisotopic (exact) mass is 260 g/mol. The van der Waals surface area contributed by atoms with Crippen LogP contribution in [0.15, 0.2) is 0 Å². The Hall–Kier alpha value is -0.660. The van der Waals surface area contributed by atoms with Crippen LogP contribution in [0.3, 0.4) is 0 Å². The van der Waals surface area contributed by atoms with Crippen LogP contribution >= 0.6 is 0 Å². The summed E-state index contributed by atoms with van der Waals surface area (Å²) in [7, 11) is -3.48. The van der Waals surface area contributed by atoms with Gasteiger partial charge in [-0.15, -0.1) is 0 Å². The summed E-state index contributed by atoms with van der Waals surface area (Å²) in [6.45, 7) is 0.00667. The number of nitrogens with two attached hydrogens (primary N) is 1. The first-order valence-corrected chi connectivity index (χ1v) is 7.55. The molecule has 0 aliphatic heterocycles. The molecule has 0 radical (unpaired) electrons. The predicted octanol–water partition coefficient (Wildman–Crippen LogP) is 0.164. The summed E-state index contributed by atoms with van der Waals surface area (Å²) in [5.74, 6) is -0.0990. The van der Waals surface area contributed by atoms with Crippen molar-refractivity contribution in [3.63, 3.8) is 0 Å². The number of nitrogens with zero attached hydrogens (tertiary/aromatic N) is 1. The van der Waals surface area contributed by atoms with E-state index in [1.807, 2.05) is 0 Å². The van der Waals surface area contributed by atoms with Gasteiger partial charge in [0.1, 0.15) is 5.84 Å². The molecule has 0 bridgehead atoms. The lowest BCUT2D eigenvalue weighted by Crippen LogP contribution is -2.49. The molecular weight excluding hydrogens is 240 g/mol. The molecule has 0 aromatic rings. The van der Waals surface area contributed by atoms with Crippen molar-refractivity contribution in [2.24, 2.45) is 5.73 Å². The lowest BCUT2D eigenvalue weighted by molar-refractivity contribution is 0.347. The summed E-state index contributed by atoms with van der Waals surface area (Å²) in [6, 6.07) is 0.103. The second-order valence-electron chi connectivity index (χ2n) is 4.91. The van der Waals surface area contributed by atoms with E-state index in [0.29, 0.717) is 0 Å². The maximum absolute atomic E-state index is 12.2. The molecule has 2 rings (SSSR count). The van der Waals surface area contributed by atoms with Gasteiger partial charge in [-0.05, 0) is 25.7 Å². The Morgan fingerprint density at radius 2 is 1.88 bits per heavy atom. The molecule has 2 aliphatic carbocycles. The van der Waals surface area contributed by atoms with Crippen molar-refractivity contribution in [2.45, 2.75) is 50.6 Å². The standard InChI is InChI=1S/C10H20N4O2S/c11-10(12)7-14(9-3-1-2-4-9)17(15,16)13-8-5-6-8/h8-9,13H,1-7H2,(H3,11,12). The fourth-order valence-corrected chi connectivity index (χ4v) is 3.95. The lowest BCUT2D eigenvalue weighted by Gasteiger charge is -2.27. The Morgan fingerprint density at radius 3 is 2.35 bits per heavy atom. The van der Waals surface area contributed by atoms with Crippen LogP contribution in [0.2, 0.25) is 0 Å². The quantitative estimate of drug-likeness (QED) is 0.468. The molecule has 0 atom stereocenters. The van der Waals surface area contributed by atoms with Gasteiger partial charge in [-0.1, -0.05) is 12.8 Å². The molecule has 0 spiro atoms. The van der Waals surface area contributed by atoms with Gasteiger partial charge in [-0.25, -0.2) is 0 Å². The van der Waals surface area contributed by atoms with Crippen molar-refractivity contribution in [3.05, 3.63) is 0 Å². The number of hydrogen-bond donors (Lipinski definition) is 3. The van der Waals surface area contributed by atoms with E-state index in [1.165, 1.54) is 4.31 Å². The van der Waals surface area contributed by atoms with Gasteiger partial charge in [0.2, 0.25) is 0 Å². The molecule has 2 saturated carbocycles. The largest absolute Gasteiger partial charge is 0.387 e. The summed E-state index contributed by atoms with van der Waals surface area (Å²) >= 11 is 0. The molecule has 2 fully saturated rings. The Kier molecular flexibility index (Phi) is 3.70. The number of amidine groups is 1. The van der Waals surface area contributed by atoms with Gasteiger partial charge in [-0.2, -0.15) is 17.4 Å². The van der Waals surface area contributed by atoms with Crippen molar-refractivity contribution >= 4 is 16.0 Å². The van der Waals surface area contributed by atoms with E-state index in [4.69, 9.17) is 11.1 Å². The minimum Gasteiger partial charge on any atom is -0.387 e. The maximum Gasteiger partial charge on any atom is 0.280 e. The zero-order valence-corrected chi connectivity index (χ0v) is 10.7. The van der Waals surface area contributed by atoms with Crippen LogP contribution in [0.4, 0.5) is 0 Å². The molecule has 17 heavy (non-hydrogen) atoms. The van der Waals surface area contributed by atoms with E-state index >= 15 is 0 Å². The highest BCUT2D eigenvalue weighted by Gasteiger charge is 2.36. The third-order valence-electron chi connectivity index (χ3n) is 3.26. The Morgan fingerprint density at radius 1 is 1.29 bits per heavy atom. The second-order valence-corrected chi connectivity index (χ2v) is 6.56. The summed E-state index contributed by atoms with van der Waals surface area (Å²) in [5.41, 5.74) is 5.35. The SMILES string of the molecule is N=C(N)CN(C1CCCC1)S(=O)(=O)NC1CC1. The van der Waals surface area contributed by atoms with Crippen LogP contribution in [0.25, 0.3) is 0 Å². The molecule has 98 valence electrons. The summed E-state index contributed by atoms with van der Waals surface area (Å²) in [6.07, 6.45) is 5.68. The number of hydrogen-bond acceptors (Lipinski definition) is 3. The lowest BCUT2D eigenvalue weighted by atomic mass is 10.2. The zero-order chi connectivity index (χ0) is 12.5. The molecule has 0 unspecified atom stereocenters. The van der Waals surface area contributed by atoms with E-state index in [0.717, 1.165) is 38.5 Å². The number of rotatable bonds is 6. The molecule has 2 aliphatic rings. The molecule has 4 N–H and O–H groups in total. The van der Waals surface area contributed by atoms with Crippen LogP contribution in [0.5, 0.6) is 0 Å². The van der Waals surface area contributed by atoms with Crippen molar-refractivity contribution in [2.75, 3.05) is 6.54 Å². The van der Waals surface area contributed by atoms with Crippen molar-refractivity contribution in [1.82, 2.24) is 9.03 Å². The average molecular weight is 260 g/mol. The highest BCUT2D eigenvalue weighted by molar-refractivity contribution is 7.87. The Labute approximate surface area is 102 Å². The second kappa shape index (κ2) is 4.91. The van der Waals surface area contributed by atoms with E-state index in [1.54, 1.807) is 0 Å².